The molecule has 0 unspecified atom stereocenters. The summed E-state index contributed by atoms with van der Waals surface area (Å²) in [5, 5.41) is 6.07. The fourth-order valence-electron chi connectivity index (χ4n) is 2.75. The van der Waals surface area contributed by atoms with Gasteiger partial charge in [0, 0.05) is 23.2 Å². The summed E-state index contributed by atoms with van der Waals surface area (Å²) < 4.78 is 0. The second-order valence-electron chi connectivity index (χ2n) is 6.48. The van der Waals surface area contributed by atoms with Crippen LogP contribution >= 0.6 is 11.3 Å². The van der Waals surface area contributed by atoms with Crippen molar-refractivity contribution in [2.45, 2.75) is 20.4 Å². The molecule has 0 fully saturated rings. The number of nitrogens with one attached hydrogen (secondary N) is 1. The second-order valence-corrected chi connectivity index (χ2v) is 7.34. The summed E-state index contributed by atoms with van der Waals surface area (Å²) in [7, 11) is 1.93. The number of aromatic nitrogens is 1. The van der Waals surface area contributed by atoms with E-state index >= 15 is 0 Å². The van der Waals surface area contributed by atoms with Gasteiger partial charge in [-0.15, -0.1) is 11.3 Å². The molecule has 0 atom stereocenters. The van der Waals surface area contributed by atoms with Crippen LogP contribution in [0.2, 0.25) is 0 Å². The van der Waals surface area contributed by atoms with Crippen LogP contribution in [0.15, 0.2) is 53.9 Å². The number of anilines is 1. The minimum Gasteiger partial charge on any atom is -0.325 e. The quantitative estimate of drug-likeness (QED) is 0.700. The monoisotopic (exact) mass is 365 g/mol. The summed E-state index contributed by atoms with van der Waals surface area (Å²) in [4.78, 5) is 19.0. The minimum atomic E-state index is -0.0142. The van der Waals surface area contributed by atoms with Gasteiger partial charge in [0.1, 0.15) is 5.01 Å². The average Bonchev–Trinajstić information content (AvgIpc) is 3.08. The van der Waals surface area contributed by atoms with Gasteiger partial charge in [0.15, 0.2) is 0 Å². The Balaban J connectivity index is 1.57. The second kappa shape index (κ2) is 8.25. The van der Waals surface area contributed by atoms with Crippen molar-refractivity contribution >= 4 is 22.9 Å². The van der Waals surface area contributed by atoms with Crippen LogP contribution in [0.1, 0.15) is 16.8 Å². The molecule has 2 aromatic carbocycles. The lowest BCUT2D eigenvalue weighted by Gasteiger charge is -2.16. The largest absolute Gasteiger partial charge is 0.325 e. The maximum atomic E-state index is 12.3. The highest BCUT2D eigenvalue weighted by Crippen LogP contribution is 2.23. The van der Waals surface area contributed by atoms with E-state index in [0.29, 0.717) is 13.1 Å². The van der Waals surface area contributed by atoms with E-state index in [9.17, 15) is 4.79 Å². The molecule has 3 rings (SSSR count). The third-order valence-corrected chi connectivity index (χ3v) is 5.24. The Morgan fingerprint density at radius 1 is 1.12 bits per heavy atom. The third-order valence-electron chi connectivity index (χ3n) is 4.30. The number of carbonyl (C=O) groups excluding carboxylic acids is 1. The molecule has 1 aromatic heterocycles. The molecule has 0 aliphatic carbocycles. The molecule has 0 spiro atoms. The summed E-state index contributed by atoms with van der Waals surface area (Å²) >= 11 is 1.63. The predicted octanol–water partition coefficient (Wildman–Crippen LogP) is 4.50. The number of nitrogens with zero attached hydrogens (tertiary/aromatic N) is 2. The van der Waals surface area contributed by atoms with E-state index in [2.05, 4.69) is 27.8 Å². The van der Waals surface area contributed by atoms with Gasteiger partial charge in [0.25, 0.3) is 0 Å². The molecule has 0 aliphatic heterocycles. The van der Waals surface area contributed by atoms with Gasteiger partial charge in [-0.05, 0) is 38.1 Å². The summed E-state index contributed by atoms with van der Waals surface area (Å²) in [5.74, 6) is -0.0142. The molecule has 0 bridgehead atoms. The zero-order chi connectivity index (χ0) is 18.5. The van der Waals surface area contributed by atoms with Gasteiger partial charge in [0.05, 0.1) is 12.2 Å². The molecule has 0 aliphatic rings. The Morgan fingerprint density at radius 2 is 1.88 bits per heavy atom. The smallest absolute Gasteiger partial charge is 0.238 e. The first-order valence-corrected chi connectivity index (χ1v) is 9.45. The number of hydrogen-bond acceptors (Lipinski definition) is 4. The standard InChI is InChI=1S/C21H23N3OS/c1-15-8-7-11-19(16(15)2)23-20(25)13-24(3)12-18-14-26-21(22-18)17-9-5-4-6-10-17/h4-11,14H,12-13H2,1-3H3,(H,23,25). The zero-order valence-electron chi connectivity index (χ0n) is 15.3. The maximum absolute atomic E-state index is 12.3. The molecule has 1 amide bonds. The number of hydrogen-bond donors (Lipinski definition) is 1. The van der Waals surface area contributed by atoms with Crippen molar-refractivity contribution in [1.29, 1.82) is 0 Å². The Morgan fingerprint density at radius 3 is 2.65 bits per heavy atom. The van der Waals surface area contributed by atoms with E-state index in [1.165, 1.54) is 5.56 Å². The highest BCUT2D eigenvalue weighted by atomic mass is 32.1. The molecule has 26 heavy (non-hydrogen) atoms. The van der Waals surface area contributed by atoms with E-state index in [1.54, 1.807) is 11.3 Å². The number of carbonyl (C=O) groups is 1. The zero-order valence-corrected chi connectivity index (χ0v) is 16.1. The molecule has 1 N–H and O–H groups in total. The number of thiazole rings is 1. The lowest BCUT2D eigenvalue weighted by molar-refractivity contribution is -0.117. The van der Waals surface area contributed by atoms with Crippen LogP contribution < -0.4 is 5.32 Å². The average molecular weight is 366 g/mol. The van der Waals surface area contributed by atoms with Crippen LogP contribution in [0.4, 0.5) is 5.69 Å². The van der Waals surface area contributed by atoms with Gasteiger partial charge in [-0.2, -0.15) is 0 Å². The summed E-state index contributed by atoms with van der Waals surface area (Å²) in [6.07, 6.45) is 0. The Bertz CT molecular complexity index is 889. The number of amides is 1. The van der Waals surface area contributed by atoms with Crippen LogP contribution in [0.5, 0.6) is 0 Å². The van der Waals surface area contributed by atoms with Crippen molar-refractivity contribution in [3.8, 4) is 10.6 Å². The van der Waals surface area contributed by atoms with E-state index < -0.39 is 0 Å². The first-order chi connectivity index (χ1) is 12.5. The third kappa shape index (κ3) is 4.56. The van der Waals surface area contributed by atoms with E-state index in [-0.39, 0.29) is 5.91 Å². The Kier molecular flexibility index (Phi) is 5.81. The lowest BCUT2D eigenvalue weighted by atomic mass is 10.1. The number of likely N-dealkylation sites (N-methyl/N-ethyl adjacent to an activating group) is 1. The minimum absolute atomic E-state index is 0.0142. The van der Waals surface area contributed by atoms with Crippen molar-refractivity contribution in [3.63, 3.8) is 0 Å². The fourth-order valence-corrected chi connectivity index (χ4v) is 3.56. The van der Waals surface area contributed by atoms with Gasteiger partial charge < -0.3 is 5.32 Å². The van der Waals surface area contributed by atoms with Crippen molar-refractivity contribution < 1.29 is 4.79 Å². The van der Waals surface area contributed by atoms with E-state index in [4.69, 9.17) is 0 Å². The molecule has 0 saturated carbocycles. The van der Waals surface area contributed by atoms with Crippen LogP contribution in [0, 0.1) is 13.8 Å². The first-order valence-electron chi connectivity index (χ1n) is 8.57. The van der Waals surface area contributed by atoms with Gasteiger partial charge in [0.2, 0.25) is 5.91 Å². The van der Waals surface area contributed by atoms with Gasteiger partial charge in [-0.25, -0.2) is 4.98 Å². The normalized spacial score (nSPS) is 10.9. The molecule has 0 saturated heterocycles. The first kappa shape index (κ1) is 18.3. The number of rotatable bonds is 6. The van der Waals surface area contributed by atoms with E-state index in [1.807, 2.05) is 62.2 Å². The summed E-state index contributed by atoms with van der Waals surface area (Å²) in [5.41, 5.74) is 5.26. The molecule has 134 valence electrons. The molecule has 3 aromatic rings. The van der Waals surface area contributed by atoms with Crippen LogP contribution in [-0.4, -0.2) is 29.4 Å². The van der Waals surface area contributed by atoms with Crippen molar-refractivity contribution in [2.75, 3.05) is 18.9 Å². The van der Waals surface area contributed by atoms with Crippen LogP contribution in [0.25, 0.3) is 10.6 Å². The molecule has 4 nitrogen and oxygen atoms in total. The highest BCUT2D eigenvalue weighted by Gasteiger charge is 2.11. The van der Waals surface area contributed by atoms with Crippen molar-refractivity contribution in [3.05, 3.63) is 70.7 Å². The molecule has 5 heteroatoms. The molecule has 0 radical (unpaired) electrons. The van der Waals surface area contributed by atoms with Crippen LogP contribution in [0.3, 0.4) is 0 Å². The van der Waals surface area contributed by atoms with Gasteiger partial charge in [-0.1, -0.05) is 42.5 Å². The van der Waals surface area contributed by atoms with Crippen molar-refractivity contribution in [1.82, 2.24) is 9.88 Å². The fraction of sp³-hybridized carbons (Fsp3) is 0.238. The summed E-state index contributed by atoms with van der Waals surface area (Å²) in [6.45, 7) is 5.04. The van der Waals surface area contributed by atoms with Crippen LogP contribution in [-0.2, 0) is 11.3 Å². The topological polar surface area (TPSA) is 45.2 Å². The Labute approximate surface area is 158 Å². The van der Waals surface area contributed by atoms with Gasteiger partial charge >= 0.3 is 0 Å². The number of aryl methyl sites for hydroxylation is 1. The maximum Gasteiger partial charge on any atom is 0.238 e. The van der Waals surface area contributed by atoms with Gasteiger partial charge in [-0.3, -0.25) is 9.69 Å². The molecule has 1 heterocycles. The summed E-state index contributed by atoms with van der Waals surface area (Å²) in [6, 6.07) is 16.1. The lowest BCUT2D eigenvalue weighted by Crippen LogP contribution is -2.30. The number of benzene rings is 2. The molecular weight excluding hydrogens is 342 g/mol. The Hall–Kier alpha value is -2.50. The SMILES string of the molecule is Cc1cccc(NC(=O)CN(C)Cc2csc(-c3ccccc3)n2)c1C. The predicted molar refractivity (Wildman–Crippen MR) is 108 cm³/mol. The molecular formula is C21H23N3OS. The van der Waals surface area contributed by atoms with E-state index in [0.717, 1.165) is 27.5 Å². The highest BCUT2D eigenvalue weighted by molar-refractivity contribution is 7.13. The van der Waals surface area contributed by atoms with Crippen molar-refractivity contribution in [2.24, 2.45) is 0 Å².